The number of hydrogen-bond acceptors (Lipinski definition) is 5. The monoisotopic (exact) mass is 295 g/mol. The maximum absolute atomic E-state index is 13.8. The molecule has 0 aliphatic heterocycles. The topological polar surface area (TPSA) is 77.3 Å². The SMILES string of the molecule is CNCc1cccnc1Oc1cc(F)c([N+](=O)[O-])cc1F. The van der Waals surface area contributed by atoms with E-state index in [0.717, 1.165) is 0 Å². The van der Waals surface area contributed by atoms with Gasteiger partial charge in [0.1, 0.15) is 0 Å². The van der Waals surface area contributed by atoms with Crippen molar-refractivity contribution in [1.82, 2.24) is 10.3 Å². The lowest BCUT2D eigenvalue weighted by atomic mass is 10.2. The van der Waals surface area contributed by atoms with Crippen LogP contribution in [0.5, 0.6) is 11.6 Å². The van der Waals surface area contributed by atoms with Gasteiger partial charge in [-0.1, -0.05) is 6.07 Å². The summed E-state index contributed by atoms with van der Waals surface area (Å²) in [5.41, 5.74) is -0.311. The van der Waals surface area contributed by atoms with Crippen LogP contribution in [0.2, 0.25) is 0 Å². The molecule has 21 heavy (non-hydrogen) atoms. The summed E-state index contributed by atoms with van der Waals surface area (Å²) >= 11 is 0. The zero-order chi connectivity index (χ0) is 15.4. The summed E-state index contributed by atoms with van der Waals surface area (Å²) in [7, 11) is 1.71. The molecule has 0 fully saturated rings. The molecule has 0 saturated heterocycles. The molecule has 2 aromatic rings. The second-order valence-electron chi connectivity index (χ2n) is 4.09. The van der Waals surface area contributed by atoms with Gasteiger partial charge in [0.05, 0.1) is 11.0 Å². The van der Waals surface area contributed by atoms with Crippen LogP contribution in [0.4, 0.5) is 14.5 Å². The summed E-state index contributed by atoms with van der Waals surface area (Å²) in [6, 6.07) is 4.49. The molecule has 0 aliphatic carbocycles. The lowest BCUT2D eigenvalue weighted by Crippen LogP contribution is -2.07. The summed E-state index contributed by atoms with van der Waals surface area (Å²) < 4.78 is 32.5. The minimum absolute atomic E-state index is 0.0963. The van der Waals surface area contributed by atoms with Gasteiger partial charge in [-0.05, 0) is 13.1 Å². The van der Waals surface area contributed by atoms with Gasteiger partial charge in [-0.3, -0.25) is 10.1 Å². The van der Waals surface area contributed by atoms with E-state index in [4.69, 9.17) is 4.74 Å². The Morgan fingerprint density at radius 1 is 1.38 bits per heavy atom. The van der Waals surface area contributed by atoms with E-state index < -0.39 is 28.0 Å². The van der Waals surface area contributed by atoms with E-state index in [-0.39, 0.29) is 5.88 Å². The van der Waals surface area contributed by atoms with Crippen molar-refractivity contribution in [3.63, 3.8) is 0 Å². The Balaban J connectivity index is 2.36. The summed E-state index contributed by atoms with van der Waals surface area (Å²) in [6.07, 6.45) is 1.44. The highest BCUT2D eigenvalue weighted by atomic mass is 19.1. The molecule has 0 unspecified atom stereocenters. The average Bonchev–Trinajstić information content (AvgIpc) is 2.44. The smallest absolute Gasteiger partial charge is 0.307 e. The fraction of sp³-hybridized carbons (Fsp3) is 0.154. The number of aromatic nitrogens is 1. The van der Waals surface area contributed by atoms with Gasteiger partial charge in [0.2, 0.25) is 11.7 Å². The third-order valence-corrected chi connectivity index (χ3v) is 2.62. The Morgan fingerprint density at radius 2 is 2.14 bits per heavy atom. The van der Waals surface area contributed by atoms with Crippen molar-refractivity contribution < 1.29 is 18.4 Å². The molecule has 0 bridgehead atoms. The highest BCUT2D eigenvalue weighted by molar-refractivity contribution is 5.41. The first-order valence-corrected chi connectivity index (χ1v) is 5.92. The zero-order valence-electron chi connectivity index (χ0n) is 11.0. The van der Waals surface area contributed by atoms with Gasteiger partial charge >= 0.3 is 5.69 Å². The molecule has 2 rings (SSSR count). The van der Waals surface area contributed by atoms with Gasteiger partial charge in [0, 0.05) is 24.4 Å². The summed E-state index contributed by atoms with van der Waals surface area (Å²) in [4.78, 5) is 13.5. The lowest BCUT2D eigenvalue weighted by molar-refractivity contribution is -0.387. The summed E-state index contributed by atoms with van der Waals surface area (Å²) in [5.74, 6) is -2.58. The van der Waals surface area contributed by atoms with E-state index in [0.29, 0.717) is 24.2 Å². The Labute approximate surface area is 118 Å². The highest BCUT2D eigenvalue weighted by Gasteiger charge is 2.20. The Kier molecular flexibility index (Phi) is 4.39. The van der Waals surface area contributed by atoms with Crippen molar-refractivity contribution in [2.24, 2.45) is 0 Å². The van der Waals surface area contributed by atoms with Crippen LogP contribution in [0, 0.1) is 21.7 Å². The van der Waals surface area contributed by atoms with Crippen LogP contribution < -0.4 is 10.1 Å². The number of benzene rings is 1. The molecule has 0 atom stereocenters. The highest BCUT2D eigenvalue weighted by Crippen LogP contribution is 2.30. The maximum atomic E-state index is 13.8. The van der Waals surface area contributed by atoms with Crippen LogP contribution in [-0.4, -0.2) is 17.0 Å². The number of pyridine rings is 1. The molecule has 0 saturated carbocycles. The van der Waals surface area contributed by atoms with Crippen molar-refractivity contribution in [3.8, 4) is 11.6 Å². The number of hydrogen-bond donors (Lipinski definition) is 1. The number of rotatable bonds is 5. The van der Waals surface area contributed by atoms with Gasteiger partial charge < -0.3 is 10.1 Å². The van der Waals surface area contributed by atoms with E-state index >= 15 is 0 Å². The predicted octanol–water partition coefficient (Wildman–Crippen LogP) is 2.78. The molecular formula is C13H11F2N3O3. The zero-order valence-corrected chi connectivity index (χ0v) is 11.0. The van der Waals surface area contributed by atoms with Crippen molar-refractivity contribution in [2.75, 3.05) is 7.05 Å². The van der Waals surface area contributed by atoms with Crippen LogP contribution in [0.25, 0.3) is 0 Å². The second kappa shape index (κ2) is 6.23. The van der Waals surface area contributed by atoms with Gasteiger partial charge in [0.25, 0.3) is 0 Å². The van der Waals surface area contributed by atoms with Gasteiger partial charge in [0.15, 0.2) is 11.6 Å². The molecule has 0 amide bonds. The molecule has 110 valence electrons. The van der Waals surface area contributed by atoms with Crippen LogP contribution >= 0.6 is 0 Å². The van der Waals surface area contributed by atoms with Crippen LogP contribution in [0.1, 0.15) is 5.56 Å². The number of ether oxygens (including phenoxy) is 1. The molecule has 0 radical (unpaired) electrons. The molecule has 0 aliphatic rings. The first kappa shape index (κ1) is 14.8. The summed E-state index contributed by atoms with van der Waals surface area (Å²) in [5, 5.41) is 13.4. The fourth-order valence-corrected chi connectivity index (χ4v) is 1.68. The predicted molar refractivity (Wildman–Crippen MR) is 70.1 cm³/mol. The van der Waals surface area contributed by atoms with Crippen molar-refractivity contribution in [3.05, 3.63) is 57.8 Å². The first-order valence-electron chi connectivity index (χ1n) is 5.92. The third kappa shape index (κ3) is 3.29. The van der Waals surface area contributed by atoms with E-state index in [9.17, 15) is 18.9 Å². The molecule has 1 heterocycles. The quantitative estimate of drug-likeness (QED) is 0.678. The minimum Gasteiger partial charge on any atom is -0.435 e. The Hall–Kier alpha value is -2.61. The van der Waals surface area contributed by atoms with Crippen molar-refractivity contribution >= 4 is 5.69 Å². The first-order chi connectivity index (χ1) is 10.0. The van der Waals surface area contributed by atoms with Crippen LogP contribution in [-0.2, 0) is 6.54 Å². The molecule has 1 aromatic heterocycles. The molecule has 0 spiro atoms. The van der Waals surface area contributed by atoms with Crippen LogP contribution in [0.15, 0.2) is 30.5 Å². The Bertz CT molecular complexity index is 680. The largest absolute Gasteiger partial charge is 0.435 e. The van der Waals surface area contributed by atoms with Crippen LogP contribution in [0.3, 0.4) is 0 Å². The number of nitro benzene ring substituents is 1. The Morgan fingerprint density at radius 3 is 2.81 bits per heavy atom. The number of nitro groups is 1. The molecule has 8 heteroatoms. The number of halogens is 2. The van der Waals surface area contributed by atoms with Gasteiger partial charge in [-0.2, -0.15) is 4.39 Å². The van der Waals surface area contributed by atoms with Crippen molar-refractivity contribution in [2.45, 2.75) is 6.54 Å². The standard InChI is InChI=1S/C13H11F2N3O3/c1-16-7-8-3-2-4-17-13(8)21-12-6-9(14)11(18(19)20)5-10(12)15/h2-6,16H,7H2,1H3. The normalized spacial score (nSPS) is 10.4. The average molecular weight is 295 g/mol. The van der Waals surface area contributed by atoms with E-state index in [1.807, 2.05) is 0 Å². The maximum Gasteiger partial charge on any atom is 0.307 e. The van der Waals surface area contributed by atoms with Gasteiger partial charge in [-0.25, -0.2) is 9.37 Å². The molecule has 6 nitrogen and oxygen atoms in total. The number of nitrogens with one attached hydrogen (secondary N) is 1. The second-order valence-corrected chi connectivity index (χ2v) is 4.09. The third-order valence-electron chi connectivity index (χ3n) is 2.62. The van der Waals surface area contributed by atoms with E-state index in [1.54, 1.807) is 19.2 Å². The van der Waals surface area contributed by atoms with E-state index in [2.05, 4.69) is 10.3 Å². The molecular weight excluding hydrogens is 284 g/mol. The minimum atomic E-state index is -1.18. The molecule has 1 N–H and O–H groups in total. The molecule has 1 aromatic carbocycles. The van der Waals surface area contributed by atoms with E-state index in [1.165, 1.54) is 6.20 Å². The fourth-order valence-electron chi connectivity index (χ4n) is 1.68. The summed E-state index contributed by atoms with van der Waals surface area (Å²) in [6.45, 7) is 0.417. The number of nitrogens with zero attached hydrogens (tertiary/aromatic N) is 2. The lowest BCUT2D eigenvalue weighted by Gasteiger charge is -2.10. The van der Waals surface area contributed by atoms with Crippen molar-refractivity contribution in [1.29, 1.82) is 0 Å². The van der Waals surface area contributed by atoms with Gasteiger partial charge in [-0.15, -0.1) is 0 Å².